The Morgan fingerprint density at radius 1 is 0.476 bits per heavy atom. The van der Waals surface area contributed by atoms with Crippen molar-refractivity contribution in [3.05, 3.63) is 0 Å². The molecule has 14 nitrogen and oxygen atoms in total. The van der Waals surface area contributed by atoms with Crippen LogP contribution in [0.3, 0.4) is 0 Å². The van der Waals surface area contributed by atoms with E-state index in [-0.39, 0.29) is 18.9 Å². The van der Waals surface area contributed by atoms with Crippen LogP contribution in [0.5, 0.6) is 0 Å². The van der Waals surface area contributed by atoms with Crippen molar-refractivity contribution in [2.45, 2.75) is 6.42 Å². The third-order valence-corrected chi connectivity index (χ3v) is 5.14. The quantitative estimate of drug-likeness (QED) is 0.0659. The summed E-state index contributed by atoms with van der Waals surface area (Å²) in [6, 6.07) is 0. The number of carbonyl (C=O) groups is 1. The number of hydrogen-bond acceptors (Lipinski definition) is 13. The van der Waals surface area contributed by atoms with Crippen LogP contribution in [0.25, 0.3) is 0 Å². The Kier molecular flexibility index (Phi) is 34.5. The second-order valence-corrected chi connectivity index (χ2v) is 8.48. The van der Waals surface area contributed by atoms with Crippen LogP contribution in [-0.4, -0.2) is 169 Å². The summed E-state index contributed by atoms with van der Waals surface area (Å²) in [6.07, 6.45) is 5.34. The number of amides is 1. The molecular weight excluding hydrogens is 554 g/mol. The minimum absolute atomic E-state index is 0.0369. The predicted molar refractivity (Wildman–Crippen MR) is 156 cm³/mol. The van der Waals surface area contributed by atoms with Gasteiger partial charge in [0.2, 0.25) is 5.91 Å². The monoisotopic (exact) mass is 609 g/mol. The van der Waals surface area contributed by atoms with E-state index in [0.717, 1.165) is 0 Å². The molecule has 0 saturated carbocycles. The zero-order valence-electron chi connectivity index (χ0n) is 25.3. The smallest absolute Gasteiger partial charge is 0.225 e. The Morgan fingerprint density at radius 2 is 0.786 bits per heavy atom. The number of nitrogens with two attached hydrogens (primary N) is 2. The predicted octanol–water partition coefficient (Wildman–Crippen LogP) is -1.08. The minimum atomic E-state index is -0.0369. The van der Waals surface area contributed by atoms with Crippen LogP contribution in [0.1, 0.15) is 6.42 Å². The summed E-state index contributed by atoms with van der Waals surface area (Å²) in [4.78, 5) is 14.5. The van der Waals surface area contributed by atoms with Gasteiger partial charge in [-0.05, 0) is 0 Å². The Labute approximate surface area is 251 Å². The second kappa shape index (κ2) is 35.7. The zero-order chi connectivity index (χ0) is 30.6. The van der Waals surface area contributed by atoms with Crippen molar-refractivity contribution in [3.8, 4) is 12.3 Å². The highest BCUT2D eigenvalue weighted by molar-refractivity contribution is 5.76. The molecule has 0 spiro atoms. The van der Waals surface area contributed by atoms with E-state index in [1.807, 2.05) is 0 Å². The molecule has 0 fully saturated rings. The van der Waals surface area contributed by atoms with Crippen molar-refractivity contribution in [2.24, 2.45) is 11.5 Å². The van der Waals surface area contributed by atoms with E-state index in [0.29, 0.717) is 152 Å². The zero-order valence-corrected chi connectivity index (χ0v) is 25.3. The molecule has 248 valence electrons. The Hall–Kier alpha value is -1.45. The fraction of sp³-hybridized carbons (Fsp3) is 0.893. The number of nitrogens with zero attached hydrogens (tertiary/aromatic N) is 1. The first-order valence-electron chi connectivity index (χ1n) is 14.6. The van der Waals surface area contributed by atoms with Gasteiger partial charge in [-0.3, -0.25) is 4.79 Å². The van der Waals surface area contributed by atoms with Gasteiger partial charge in [0.05, 0.1) is 132 Å². The van der Waals surface area contributed by atoms with Crippen LogP contribution in [0.2, 0.25) is 0 Å². The van der Waals surface area contributed by atoms with E-state index in [4.69, 9.17) is 65.3 Å². The molecule has 42 heavy (non-hydrogen) atoms. The molecule has 1 amide bonds. The first-order valence-corrected chi connectivity index (χ1v) is 14.6. The largest absolute Gasteiger partial charge is 0.379 e. The van der Waals surface area contributed by atoms with Crippen LogP contribution in [-0.2, 0) is 52.2 Å². The molecule has 0 heterocycles. The van der Waals surface area contributed by atoms with Gasteiger partial charge in [0.1, 0.15) is 6.61 Å². The van der Waals surface area contributed by atoms with Crippen molar-refractivity contribution in [3.63, 3.8) is 0 Å². The van der Waals surface area contributed by atoms with Crippen molar-refractivity contribution in [1.29, 1.82) is 0 Å². The SMILES string of the molecule is C#CCOCCOCCOCCOCCC(=O)N(CCOCCOCCOCCN)CCOCCOCCOCCN. The van der Waals surface area contributed by atoms with E-state index >= 15 is 0 Å². The number of rotatable bonds is 35. The molecule has 0 aromatic heterocycles. The van der Waals surface area contributed by atoms with Crippen LogP contribution in [0.4, 0.5) is 0 Å². The van der Waals surface area contributed by atoms with Gasteiger partial charge in [-0.25, -0.2) is 0 Å². The summed E-state index contributed by atoms with van der Waals surface area (Å²) < 4.78 is 54.1. The lowest BCUT2D eigenvalue weighted by Crippen LogP contribution is -2.37. The van der Waals surface area contributed by atoms with Crippen molar-refractivity contribution >= 4 is 5.91 Å². The third kappa shape index (κ3) is 31.5. The molecule has 0 saturated heterocycles. The highest BCUT2D eigenvalue weighted by Crippen LogP contribution is 1.98. The van der Waals surface area contributed by atoms with Crippen LogP contribution in [0.15, 0.2) is 0 Å². The normalized spacial score (nSPS) is 11.2. The summed E-state index contributed by atoms with van der Waals surface area (Å²) >= 11 is 0. The Morgan fingerprint density at radius 3 is 1.14 bits per heavy atom. The number of ether oxygens (including phenoxy) is 10. The summed E-state index contributed by atoms with van der Waals surface area (Å²) in [6.45, 7) is 10.6. The van der Waals surface area contributed by atoms with Gasteiger partial charge in [-0.2, -0.15) is 0 Å². The molecule has 0 aromatic rings. The van der Waals surface area contributed by atoms with Crippen molar-refractivity contribution < 1.29 is 52.2 Å². The molecule has 14 heteroatoms. The number of carbonyl (C=O) groups excluding carboxylic acids is 1. The Balaban J connectivity index is 4.04. The van der Waals surface area contributed by atoms with E-state index in [1.165, 1.54) is 0 Å². The summed E-state index contributed by atoms with van der Waals surface area (Å²) in [5.41, 5.74) is 10.7. The fourth-order valence-electron chi connectivity index (χ4n) is 3.07. The van der Waals surface area contributed by atoms with Crippen LogP contribution < -0.4 is 11.5 Å². The van der Waals surface area contributed by atoms with Gasteiger partial charge in [-0.1, -0.05) is 5.92 Å². The molecule has 0 atom stereocenters. The standard InChI is InChI=1S/C28H55N3O11/c1-2-8-33-14-20-39-26-27-40-21-15-34-9-3-28(32)31(6-12-37-18-24-41-22-16-35-10-4-29)7-13-38-19-25-42-23-17-36-11-5-30/h1H,3-27,29-30H2. The van der Waals surface area contributed by atoms with E-state index in [2.05, 4.69) is 5.92 Å². The first kappa shape index (κ1) is 40.5. The van der Waals surface area contributed by atoms with Gasteiger partial charge < -0.3 is 63.7 Å². The van der Waals surface area contributed by atoms with E-state index in [1.54, 1.807) is 4.90 Å². The number of terminal acetylenes is 1. The van der Waals surface area contributed by atoms with E-state index in [9.17, 15) is 4.79 Å². The average Bonchev–Trinajstić information content (AvgIpc) is 3.00. The summed E-state index contributed by atoms with van der Waals surface area (Å²) in [5.74, 6) is 2.35. The Bertz CT molecular complexity index is 576. The molecule has 0 rings (SSSR count). The molecule has 0 bridgehead atoms. The lowest BCUT2D eigenvalue weighted by Gasteiger charge is -2.23. The molecule has 0 aromatic carbocycles. The topological polar surface area (TPSA) is 165 Å². The minimum Gasteiger partial charge on any atom is -0.379 e. The molecule has 0 radical (unpaired) electrons. The van der Waals surface area contributed by atoms with Gasteiger partial charge >= 0.3 is 0 Å². The summed E-state index contributed by atoms with van der Waals surface area (Å²) in [7, 11) is 0. The average molecular weight is 610 g/mol. The highest BCUT2D eigenvalue weighted by atomic mass is 16.6. The molecule has 0 aliphatic carbocycles. The lowest BCUT2D eigenvalue weighted by molar-refractivity contribution is -0.134. The first-order chi connectivity index (χ1) is 20.8. The van der Waals surface area contributed by atoms with Gasteiger partial charge in [0.15, 0.2) is 0 Å². The van der Waals surface area contributed by atoms with Gasteiger partial charge in [0.25, 0.3) is 0 Å². The molecule has 0 aliphatic heterocycles. The highest BCUT2D eigenvalue weighted by Gasteiger charge is 2.13. The fourth-order valence-corrected chi connectivity index (χ4v) is 3.07. The van der Waals surface area contributed by atoms with Crippen LogP contribution in [0, 0.1) is 12.3 Å². The van der Waals surface area contributed by atoms with Gasteiger partial charge in [-0.15, -0.1) is 6.42 Å². The lowest BCUT2D eigenvalue weighted by atomic mass is 10.3. The molecular formula is C28H55N3O11. The van der Waals surface area contributed by atoms with Crippen molar-refractivity contribution in [2.75, 3.05) is 158 Å². The third-order valence-electron chi connectivity index (χ3n) is 5.14. The molecule has 0 unspecified atom stereocenters. The van der Waals surface area contributed by atoms with E-state index < -0.39 is 0 Å². The second-order valence-electron chi connectivity index (χ2n) is 8.48. The molecule has 4 N–H and O–H groups in total. The summed E-state index contributed by atoms with van der Waals surface area (Å²) in [5, 5.41) is 0. The number of hydrogen-bond donors (Lipinski definition) is 2. The van der Waals surface area contributed by atoms with Crippen LogP contribution >= 0.6 is 0 Å². The van der Waals surface area contributed by atoms with Crippen molar-refractivity contribution in [1.82, 2.24) is 4.90 Å². The van der Waals surface area contributed by atoms with Gasteiger partial charge in [0, 0.05) is 26.2 Å². The maximum absolute atomic E-state index is 12.8. The maximum atomic E-state index is 12.8. The maximum Gasteiger partial charge on any atom is 0.225 e. The molecule has 0 aliphatic rings.